The lowest BCUT2D eigenvalue weighted by Gasteiger charge is -2.33. The Morgan fingerprint density at radius 2 is 2.24 bits per heavy atom. The number of hydrogen-bond acceptors (Lipinski definition) is 4. The van der Waals surface area contributed by atoms with Gasteiger partial charge >= 0.3 is 5.97 Å². The molecule has 0 aromatic carbocycles. The molecule has 0 amide bonds. The van der Waals surface area contributed by atoms with Crippen molar-refractivity contribution in [1.82, 2.24) is 9.88 Å². The van der Waals surface area contributed by atoms with Crippen molar-refractivity contribution in [3.05, 3.63) is 28.6 Å². The van der Waals surface area contributed by atoms with Gasteiger partial charge in [0.15, 0.2) is 0 Å². The van der Waals surface area contributed by atoms with Crippen LogP contribution >= 0.6 is 0 Å². The largest absolute Gasteiger partial charge is 0.462 e. The molecule has 4 heteroatoms. The minimum absolute atomic E-state index is 0.223. The van der Waals surface area contributed by atoms with E-state index in [2.05, 4.69) is 24.9 Å². The van der Waals surface area contributed by atoms with E-state index < -0.39 is 0 Å². The lowest BCUT2D eigenvalue weighted by atomic mass is 9.95. The van der Waals surface area contributed by atoms with Crippen molar-refractivity contribution in [1.29, 1.82) is 0 Å². The number of aromatic nitrogens is 1. The van der Waals surface area contributed by atoms with E-state index in [-0.39, 0.29) is 5.97 Å². The minimum Gasteiger partial charge on any atom is -0.462 e. The average Bonchev–Trinajstić information content (AvgIpc) is 2.71. The van der Waals surface area contributed by atoms with Gasteiger partial charge in [0.1, 0.15) is 0 Å². The van der Waals surface area contributed by atoms with E-state index in [1.54, 1.807) is 0 Å². The fraction of sp³-hybridized carbons (Fsp3) is 0.647. The second-order valence-electron chi connectivity index (χ2n) is 6.11. The second kappa shape index (κ2) is 5.76. The third-order valence-corrected chi connectivity index (χ3v) is 4.82. The molecule has 1 aromatic rings. The Balaban J connectivity index is 2.04. The Morgan fingerprint density at radius 1 is 1.43 bits per heavy atom. The number of hydrogen-bond donors (Lipinski definition) is 0. The first-order chi connectivity index (χ1) is 10.2. The van der Waals surface area contributed by atoms with Crippen LogP contribution in [0.25, 0.3) is 0 Å². The molecule has 0 aliphatic carbocycles. The van der Waals surface area contributed by atoms with Crippen molar-refractivity contribution in [3.63, 3.8) is 0 Å². The van der Waals surface area contributed by atoms with Crippen LogP contribution in [0.4, 0.5) is 0 Å². The molecule has 0 spiro atoms. The van der Waals surface area contributed by atoms with E-state index in [4.69, 9.17) is 9.72 Å². The van der Waals surface area contributed by atoms with Gasteiger partial charge in [0.2, 0.25) is 0 Å². The van der Waals surface area contributed by atoms with E-state index in [0.717, 1.165) is 25.0 Å². The van der Waals surface area contributed by atoms with Crippen molar-refractivity contribution in [2.75, 3.05) is 13.7 Å². The molecule has 114 valence electrons. The number of ether oxygens (including phenoxy) is 1. The molecule has 1 aromatic heterocycles. The van der Waals surface area contributed by atoms with E-state index in [1.165, 1.54) is 24.1 Å². The van der Waals surface area contributed by atoms with Gasteiger partial charge in [-0.3, -0.25) is 9.88 Å². The van der Waals surface area contributed by atoms with Gasteiger partial charge in [-0.2, -0.15) is 0 Å². The molecule has 2 unspecified atom stereocenters. The quantitative estimate of drug-likeness (QED) is 0.799. The third kappa shape index (κ3) is 2.46. The number of aryl methyl sites for hydroxylation is 1. The highest BCUT2D eigenvalue weighted by Gasteiger charge is 2.39. The zero-order valence-corrected chi connectivity index (χ0v) is 13.2. The molecule has 0 N–H and O–H groups in total. The number of pyridine rings is 1. The Kier molecular flexibility index (Phi) is 3.98. The average molecular weight is 288 g/mol. The van der Waals surface area contributed by atoms with Crippen LogP contribution in [0.5, 0.6) is 0 Å². The number of carbonyl (C=O) groups excluding carboxylic acids is 1. The molecular weight excluding hydrogens is 264 g/mol. The van der Waals surface area contributed by atoms with Crippen LogP contribution in [0.15, 0.2) is 6.07 Å². The SMILES string of the molecule is CCCc1nc2c(cc1C(=O)OCC)C1CCC(C2)N1C. The van der Waals surface area contributed by atoms with Crippen molar-refractivity contribution < 1.29 is 9.53 Å². The topological polar surface area (TPSA) is 42.4 Å². The highest BCUT2D eigenvalue weighted by Crippen LogP contribution is 2.42. The van der Waals surface area contributed by atoms with Gasteiger partial charge in [-0.15, -0.1) is 0 Å². The van der Waals surface area contributed by atoms with E-state index in [0.29, 0.717) is 24.3 Å². The predicted octanol–water partition coefficient (Wildman–Crippen LogP) is 2.90. The van der Waals surface area contributed by atoms with Gasteiger partial charge < -0.3 is 4.74 Å². The highest BCUT2D eigenvalue weighted by atomic mass is 16.5. The first-order valence-corrected chi connectivity index (χ1v) is 8.07. The molecule has 1 saturated heterocycles. The molecule has 2 atom stereocenters. The summed E-state index contributed by atoms with van der Waals surface area (Å²) in [7, 11) is 2.19. The molecule has 0 radical (unpaired) electrons. The smallest absolute Gasteiger partial charge is 0.339 e. The number of fused-ring (bicyclic) bond motifs is 4. The number of rotatable bonds is 4. The number of likely N-dealkylation sites (N-methyl/N-ethyl adjacent to an activating group) is 1. The molecular formula is C17H24N2O2. The summed E-state index contributed by atoms with van der Waals surface area (Å²) in [4.78, 5) is 19.5. The molecule has 0 saturated carbocycles. The maximum absolute atomic E-state index is 12.2. The number of nitrogens with zero attached hydrogens (tertiary/aromatic N) is 2. The summed E-state index contributed by atoms with van der Waals surface area (Å²) < 4.78 is 5.22. The number of carbonyl (C=O) groups is 1. The Labute approximate surface area is 126 Å². The summed E-state index contributed by atoms with van der Waals surface area (Å²) in [5.41, 5.74) is 4.04. The summed E-state index contributed by atoms with van der Waals surface area (Å²) in [6, 6.07) is 3.11. The molecule has 1 fully saturated rings. The van der Waals surface area contributed by atoms with Crippen molar-refractivity contribution in [3.8, 4) is 0 Å². The van der Waals surface area contributed by atoms with Gasteiger partial charge in [-0.1, -0.05) is 13.3 Å². The molecule has 2 aliphatic rings. The van der Waals surface area contributed by atoms with E-state index in [9.17, 15) is 4.79 Å². The Bertz CT molecular complexity index is 556. The summed E-state index contributed by atoms with van der Waals surface area (Å²) in [5, 5.41) is 0. The monoisotopic (exact) mass is 288 g/mol. The fourth-order valence-corrected chi connectivity index (χ4v) is 3.73. The van der Waals surface area contributed by atoms with Crippen LogP contribution < -0.4 is 0 Å². The third-order valence-electron chi connectivity index (χ3n) is 4.82. The van der Waals surface area contributed by atoms with Gasteiger partial charge in [0, 0.05) is 24.2 Å². The van der Waals surface area contributed by atoms with Crippen molar-refractivity contribution in [2.24, 2.45) is 0 Å². The van der Waals surface area contributed by atoms with E-state index in [1.807, 2.05) is 6.92 Å². The minimum atomic E-state index is -0.223. The summed E-state index contributed by atoms with van der Waals surface area (Å²) in [6.07, 6.45) is 5.25. The van der Waals surface area contributed by atoms with Crippen LogP contribution in [0.1, 0.15) is 66.5 Å². The lowest BCUT2D eigenvalue weighted by Crippen LogP contribution is -2.35. The fourth-order valence-electron chi connectivity index (χ4n) is 3.73. The normalized spacial score (nSPS) is 24.0. The van der Waals surface area contributed by atoms with Crippen LogP contribution in [0.3, 0.4) is 0 Å². The van der Waals surface area contributed by atoms with E-state index >= 15 is 0 Å². The molecule has 3 rings (SSSR count). The standard InChI is InChI=1S/C17H24N2O2/c1-4-6-14-13(17(20)21-5-2)10-12-15(18-14)9-11-7-8-16(12)19(11)3/h10-11,16H,4-9H2,1-3H3. The summed E-state index contributed by atoms with van der Waals surface area (Å²) in [5.74, 6) is -0.223. The van der Waals surface area contributed by atoms with Crippen molar-refractivity contribution in [2.45, 2.75) is 58.0 Å². The maximum atomic E-state index is 12.2. The Hall–Kier alpha value is -1.42. The summed E-state index contributed by atoms with van der Waals surface area (Å²) >= 11 is 0. The zero-order chi connectivity index (χ0) is 15.0. The van der Waals surface area contributed by atoms with Gasteiger partial charge in [0.25, 0.3) is 0 Å². The molecule has 4 nitrogen and oxygen atoms in total. The zero-order valence-electron chi connectivity index (χ0n) is 13.2. The first kappa shape index (κ1) is 14.5. The second-order valence-corrected chi connectivity index (χ2v) is 6.11. The van der Waals surface area contributed by atoms with Crippen LogP contribution in [0.2, 0.25) is 0 Å². The maximum Gasteiger partial charge on any atom is 0.339 e. The molecule has 3 heterocycles. The summed E-state index contributed by atoms with van der Waals surface area (Å²) in [6.45, 7) is 4.37. The van der Waals surface area contributed by atoms with Crippen LogP contribution in [0, 0.1) is 0 Å². The van der Waals surface area contributed by atoms with Gasteiger partial charge in [0.05, 0.1) is 17.9 Å². The Morgan fingerprint density at radius 3 is 2.95 bits per heavy atom. The highest BCUT2D eigenvalue weighted by molar-refractivity contribution is 5.91. The molecule has 2 aliphatic heterocycles. The molecule has 2 bridgehead atoms. The van der Waals surface area contributed by atoms with Gasteiger partial charge in [-0.25, -0.2) is 4.79 Å². The number of esters is 1. The van der Waals surface area contributed by atoms with Crippen LogP contribution in [-0.4, -0.2) is 35.5 Å². The molecule has 21 heavy (non-hydrogen) atoms. The predicted molar refractivity (Wildman–Crippen MR) is 81.4 cm³/mol. The van der Waals surface area contributed by atoms with Crippen LogP contribution in [-0.2, 0) is 17.6 Å². The lowest BCUT2D eigenvalue weighted by molar-refractivity contribution is 0.0524. The first-order valence-electron chi connectivity index (χ1n) is 8.07. The van der Waals surface area contributed by atoms with Gasteiger partial charge in [-0.05, 0) is 44.9 Å². The van der Waals surface area contributed by atoms with Crippen molar-refractivity contribution >= 4 is 5.97 Å².